The van der Waals surface area contributed by atoms with E-state index < -0.39 is 0 Å². The van der Waals surface area contributed by atoms with E-state index in [0.717, 1.165) is 45.5 Å². The van der Waals surface area contributed by atoms with Gasteiger partial charge in [-0.15, -0.1) is 0 Å². The molecule has 0 saturated heterocycles. The van der Waals surface area contributed by atoms with Crippen LogP contribution < -0.4 is 20.1 Å². The van der Waals surface area contributed by atoms with Crippen LogP contribution in [0.1, 0.15) is 25.1 Å². The topological polar surface area (TPSA) is 68.3 Å². The molecule has 0 fully saturated rings. The summed E-state index contributed by atoms with van der Waals surface area (Å²) >= 11 is 0. The highest BCUT2D eigenvalue weighted by Gasteiger charge is 2.14. The average Bonchev–Trinajstić information content (AvgIpc) is 2.86. The van der Waals surface area contributed by atoms with Gasteiger partial charge >= 0.3 is 0 Å². The van der Waals surface area contributed by atoms with Gasteiger partial charge in [0.2, 0.25) is 0 Å². The predicted molar refractivity (Wildman–Crippen MR) is 138 cm³/mol. The monoisotopic (exact) mass is 454 g/mol. The van der Waals surface area contributed by atoms with E-state index in [1.54, 1.807) is 0 Å². The Balaban J connectivity index is 1.62. The number of aryl methyl sites for hydroxylation is 1. The van der Waals surface area contributed by atoms with Crippen molar-refractivity contribution in [2.24, 2.45) is 0 Å². The third-order valence-electron chi connectivity index (χ3n) is 5.31. The molecule has 6 heteroatoms. The Kier molecular flexibility index (Phi) is 7.60. The van der Waals surface area contributed by atoms with Crippen LogP contribution in [0.3, 0.4) is 0 Å². The molecule has 6 nitrogen and oxygen atoms in total. The fraction of sp³-hybridized carbons (Fsp3) is 0.214. The van der Waals surface area contributed by atoms with Crippen LogP contribution in [0.15, 0.2) is 78.9 Å². The third-order valence-corrected chi connectivity index (χ3v) is 5.31. The van der Waals surface area contributed by atoms with E-state index in [1.807, 2.05) is 99.6 Å². The molecule has 4 rings (SSSR count). The molecule has 2 N–H and O–H groups in total. The maximum atomic E-state index is 5.57. The molecule has 4 aromatic rings. The molecular formula is C28H30N4O2. The zero-order valence-electron chi connectivity index (χ0n) is 19.8. The van der Waals surface area contributed by atoms with Gasteiger partial charge in [-0.05, 0) is 69.3 Å². The first-order valence-electron chi connectivity index (χ1n) is 11.6. The lowest BCUT2D eigenvalue weighted by atomic mass is 10.1. The van der Waals surface area contributed by atoms with Crippen molar-refractivity contribution in [2.75, 3.05) is 23.8 Å². The summed E-state index contributed by atoms with van der Waals surface area (Å²) in [7, 11) is 0. The van der Waals surface area contributed by atoms with Crippen molar-refractivity contribution in [1.29, 1.82) is 0 Å². The summed E-state index contributed by atoms with van der Waals surface area (Å²) in [6, 6.07) is 25.9. The average molecular weight is 455 g/mol. The van der Waals surface area contributed by atoms with Gasteiger partial charge in [-0.1, -0.05) is 30.3 Å². The van der Waals surface area contributed by atoms with Crippen molar-refractivity contribution in [2.45, 2.75) is 27.3 Å². The van der Waals surface area contributed by atoms with E-state index >= 15 is 0 Å². The molecule has 0 aliphatic heterocycles. The minimum absolute atomic E-state index is 0.578. The Morgan fingerprint density at radius 1 is 0.706 bits per heavy atom. The Labute approximate surface area is 201 Å². The van der Waals surface area contributed by atoms with Gasteiger partial charge in [0.25, 0.3) is 0 Å². The van der Waals surface area contributed by atoms with E-state index in [4.69, 9.17) is 19.4 Å². The third kappa shape index (κ3) is 5.84. The van der Waals surface area contributed by atoms with Gasteiger partial charge in [0.05, 0.1) is 13.2 Å². The van der Waals surface area contributed by atoms with E-state index in [9.17, 15) is 0 Å². The molecule has 0 unspecified atom stereocenters. The molecule has 0 aliphatic carbocycles. The predicted octanol–water partition coefficient (Wildman–Crippen LogP) is 6.61. The van der Waals surface area contributed by atoms with Crippen LogP contribution in [-0.4, -0.2) is 23.2 Å². The van der Waals surface area contributed by atoms with Gasteiger partial charge in [-0.2, -0.15) is 0 Å². The first kappa shape index (κ1) is 23.1. The molecule has 1 heterocycles. The van der Waals surface area contributed by atoms with Gasteiger partial charge in [0.1, 0.15) is 17.3 Å². The number of rotatable bonds is 10. The second kappa shape index (κ2) is 11.2. The van der Waals surface area contributed by atoms with E-state index in [2.05, 4.69) is 10.6 Å². The number of ether oxygens (including phenoxy) is 2. The van der Waals surface area contributed by atoms with Gasteiger partial charge in [-0.25, -0.2) is 9.97 Å². The van der Waals surface area contributed by atoms with E-state index in [0.29, 0.717) is 25.6 Å². The van der Waals surface area contributed by atoms with Crippen molar-refractivity contribution >= 4 is 17.2 Å². The summed E-state index contributed by atoms with van der Waals surface area (Å²) in [5.74, 6) is 3.16. The van der Waals surface area contributed by atoms with Crippen LogP contribution in [0.4, 0.5) is 17.2 Å². The Morgan fingerprint density at radius 3 is 1.88 bits per heavy atom. The highest BCUT2D eigenvalue weighted by molar-refractivity contribution is 5.66. The molecule has 0 bridgehead atoms. The molecular weight excluding hydrogens is 424 g/mol. The zero-order valence-corrected chi connectivity index (χ0v) is 19.8. The van der Waals surface area contributed by atoms with E-state index in [-0.39, 0.29) is 0 Å². The van der Waals surface area contributed by atoms with Crippen molar-refractivity contribution in [3.05, 3.63) is 90.1 Å². The minimum Gasteiger partial charge on any atom is -0.494 e. The molecule has 34 heavy (non-hydrogen) atoms. The fourth-order valence-electron chi connectivity index (χ4n) is 3.59. The van der Waals surface area contributed by atoms with Crippen LogP contribution in [0.5, 0.6) is 11.5 Å². The summed E-state index contributed by atoms with van der Waals surface area (Å²) in [4.78, 5) is 9.70. The van der Waals surface area contributed by atoms with Gasteiger partial charge in [-0.3, -0.25) is 0 Å². The molecule has 0 amide bonds. The normalized spacial score (nSPS) is 10.6. The highest BCUT2D eigenvalue weighted by atomic mass is 16.5. The molecule has 1 aromatic heterocycles. The summed E-state index contributed by atoms with van der Waals surface area (Å²) in [5, 5.41) is 6.98. The number of hydrogen-bond acceptors (Lipinski definition) is 6. The van der Waals surface area contributed by atoms with Crippen molar-refractivity contribution in [3.63, 3.8) is 0 Å². The summed E-state index contributed by atoms with van der Waals surface area (Å²) in [5.41, 5.74) is 4.83. The number of nitrogens with zero attached hydrogens (tertiary/aromatic N) is 2. The Morgan fingerprint density at radius 2 is 1.29 bits per heavy atom. The summed E-state index contributed by atoms with van der Waals surface area (Å²) in [6.45, 7) is 7.84. The first-order valence-corrected chi connectivity index (χ1v) is 11.6. The maximum Gasteiger partial charge on any atom is 0.161 e. The molecule has 0 spiro atoms. The van der Waals surface area contributed by atoms with Crippen molar-refractivity contribution in [3.8, 4) is 22.9 Å². The van der Waals surface area contributed by atoms with E-state index in [1.165, 1.54) is 0 Å². The lowest BCUT2D eigenvalue weighted by Crippen LogP contribution is -2.10. The van der Waals surface area contributed by atoms with Crippen LogP contribution in [0, 0.1) is 6.92 Å². The molecule has 0 saturated carbocycles. The molecule has 174 valence electrons. The first-order chi connectivity index (χ1) is 16.7. The van der Waals surface area contributed by atoms with Crippen LogP contribution in [-0.2, 0) is 6.54 Å². The van der Waals surface area contributed by atoms with Gasteiger partial charge < -0.3 is 20.1 Å². The molecule has 0 atom stereocenters. The minimum atomic E-state index is 0.578. The number of benzene rings is 3. The van der Waals surface area contributed by atoms with Gasteiger partial charge in [0.15, 0.2) is 5.82 Å². The van der Waals surface area contributed by atoms with Crippen LogP contribution >= 0.6 is 0 Å². The van der Waals surface area contributed by atoms with Crippen molar-refractivity contribution < 1.29 is 9.47 Å². The van der Waals surface area contributed by atoms with Crippen LogP contribution in [0.2, 0.25) is 0 Å². The Bertz CT molecular complexity index is 1190. The smallest absolute Gasteiger partial charge is 0.161 e. The quantitative estimate of drug-likeness (QED) is 0.281. The Hall–Kier alpha value is -4.06. The lowest BCUT2D eigenvalue weighted by Gasteiger charge is -2.17. The molecule has 0 aliphatic rings. The number of aromatic nitrogens is 2. The number of nitrogens with one attached hydrogen (secondary N) is 2. The number of anilines is 3. The second-order valence-corrected chi connectivity index (χ2v) is 7.72. The van der Waals surface area contributed by atoms with Gasteiger partial charge in [0, 0.05) is 34.7 Å². The molecule has 3 aromatic carbocycles. The zero-order chi connectivity index (χ0) is 23.8. The SMILES string of the molecule is CCOc1ccc(NCc2c(C)nc(-c3ccccc3)nc2Nc2ccc(OCC)cc2)cc1. The lowest BCUT2D eigenvalue weighted by molar-refractivity contribution is 0.340. The van der Waals surface area contributed by atoms with Crippen LogP contribution in [0.25, 0.3) is 11.4 Å². The standard InChI is InChI=1S/C28H30N4O2/c1-4-33-24-15-11-22(12-16-24)29-19-26-20(3)30-27(21-9-7-6-8-10-21)32-28(26)31-23-13-17-25(18-14-23)34-5-2/h6-18,29H,4-5,19H2,1-3H3,(H,30,31,32). The number of hydrogen-bond donors (Lipinski definition) is 2. The van der Waals surface area contributed by atoms with Crippen molar-refractivity contribution in [1.82, 2.24) is 9.97 Å². The highest BCUT2D eigenvalue weighted by Crippen LogP contribution is 2.27. The molecule has 0 radical (unpaired) electrons. The maximum absolute atomic E-state index is 5.57. The largest absolute Gasteiger partial charge is 0.494 e. The fourth-order valence-corrected chi connectivity index (χ4v) is 3.59. The summed E-state index contributed by atoms with van der Waals surface area (Å²) in [6.07, 6.45) is 0. The summed E-state index contributed by atoms with van der Waals surface area (Å²) < 4.78 is 11.1. The second-order valence-electron chi connectivity index (χ2n) is 7.72.